The number of ether oxygens (including phenoxy) is 1. The maximum atomic E-state index is 12.2. The summed E-state index contributed by atoms with van der Waals surface area (Å²) in [6, 6.07) is 8.85. The first-order valence-electron chi connectivity index (χ1n) is 8.40. The molecule has 1 aliphatic rings. The number of aryl methyl sites for hydroxylation is 1. The average molecular weight is 378 g/mol. The van der Waals surface area contributed by atoms with Crippen molar-refractivity contribution in [3.63, 3.8) is 0 Å². The Morgan fingerprint density at radius 3 is 2.92 bits per heavy atom. The van der Waals surface area contributed by atoms with Gasteiger partial charge in [-0.3, -0.25) is 4.79 Å². The lowest BCUT2D eigenvalue weighted by molar-refractivity contribution is -0.119. The molecule has 1 atom stereocenters. The van der Waals surface area contributed by atoms with Crippen molar-refractivity contribution in [1.82, 2.24) is 0 Å². The van der Waals surface area contributed by atoms with Crippen molar-refractivity contribution in [2.45, 2.75) is 32.6 Å². The van der Waals surface area contributed by atoms with E-state index in [2.05, 4.69) is 12.2 Å². The Labute approximate surface area is 156 Å². The van der Waals surface area contributed by atoms with Gasteiger partial charge in [-0.2, -0.15) is 0 Å². The Bertz CT molecular complexity index is 787. The maximum absolute atomic E-state index is 12.2. The van der Waals surface area contributed by atoms with Crippen LogP contribution in [0.15, 0.2) is 30.3 Å². The van der Waals surface area contributed by atoms with E-state index < -0.39 is 11.9 Å². The highest BCUT2D eigenvalue weighted by Crippen LogP contribution is 2.33. The van der Waals surface area contributed by atoms with Gasteiger partial charge in [-0.15, -0.1) is 11.3 Å². The first kappa shape index (κ1) is 18.0. The minimum absolute atomic E-state index is 0.329. The Hall–Kier alpha value is -1.85. The van der Waals surface area contributed by atoms with E-state index in [0.29, 0.717) is 21.5 Å². The van der Waals surface area contributed by atoms with Gasteiger partial charge < -0.3 is 10.1 Å². The van der Waals surface area contributed by atoms with Crippen LogP contribution >= 0.6 is 22.9 Å². The van der Waals surface area contributed by atoms with Crippen molar-refractivity contribution in [3.05, 3.63) is 50.7 Å². The molecule has 0 saturated heterocycles. The zero-order valence-electron chi connectivity index (χ0n) is 14.0. The highest BCUT2D eigenvalue weighted by atomic mass is 35.5. The zero-order valence-corrected chi connectivity index (χ0v) is 15.6. The molecule has 6 heteroatoms. The van der Waals surface area contributed by atoms with Gasteiger partial charge in [0, 0.05) is 4.88 Å². The van der Waals surface area contributed by atoms with Gasteiger partial charge >= 0.3 is 5.97 Å². The SMILES string of the molecule is CC[C@H]1CCc2sc(C(=O)OCC(=O)Nc3ccccc3Cl)cc2C1. The summed E-state index contributed by atoms with van der Waals surface area (Å²) in [6.07, 6.45) is 4.40. The summed E-state index contributed by atoms with van der Waals surface area (Å²) in [5.41, 5.74) is 1.76. The summed E-state index contributed by atoms with van der Waals surface area (Å²) < 4.78 is 5.15. The number of para-hydroxylation sites is 1. The lowest BCUT2D eigenvalue weighted by atomic mass is 9.87. The molecule has 0 radical (unpaired) electrons. The first-order chi connectivity index (χ1) is 12.1. The van der Waals surface area contributed by atoms with Crippen LogP contribution in [0.25, 0.3) is 0 Å². The van der Waals surface area contributed by atoms with Crippen molar-refractivity contribution in [2.75, 3.05) is 11.9 Å². The number of halogens is 1. The second-order valence-electron chi connectivity index (χ2n) is 6.18. The summed E-state index contributed by atoms with van der Waals surface area (Å²) in [5.74, 6) is -0.150. The van der Waals surface area contributed by atoms with Crippen LogP contribution in [0.5, 0.6) is 0 Å². The van der Waals surface area contributed by atoms with Crippen LogP contribution in [0.2, 0.25) is 5.02 Å². The molecule has 0 fully saturated rings. The van der Waals surface area contributed by atoms with Gasteiger partial charge in [-0.25, -0.2) is 4.79 Å². The number of benzene rings is 1. The Balaban J connectivity index is 1.55. The number of fused-ring (bicyclic) bond motifs is 1. The number of amides is 1. The van der Waals surface area contributed by atoms with Gasteiger partial charge in [-0.1, -0.05) is 37.1 Å². The molecular formula is C19H20ClNO3S. The fourth-order valence-corrected chi connectivity index (χ4v) is 4.28. The van der Waals surface area contributed by atoms with Crippen LogP contribution in [-0.2, 0) is 22.4 Å². The molecule has 0 bridgehead atoms. The minimum Gasteiger partial charge on any atom is -0.451 e. The maximum Gasteiger partial charge on any atom is 0.348 e. The van der Waals surface area contributed by atoms with E-state index in [9.17, 15) is 9.59 Å². The largest absolute Gasteiger partial charge is 0.451 e. The number of carbonyl (C=O) groups excluding carboxylic acids is 2. The summed E-state index contributed by atoms with van der Waals surface area (Å²) in [4.78, 5) is 26.0. The van der Waals surface area contributed by atoms with Gasteiger partial charge in [0.15, 0.2) is 6.61 Å². The van der Waals surface area contributed by atoms with Crippen molar-refractivity contribution >= 4 is 40.5 Å². The second-order valence-corrected chi connectivity index (χ2v) is 7.72. The van der Waals surface area contributed by atoms with Gasteiger partial charge in [0.1, 0.15) is 4.88 Å². The van der Waals surface area contributed by atoms with E-state index >= 15 is 0 Å². The van der Waals surface area contributed by atoms with Gasteiger partial charge in [0.25, 0.3) is 5.91 Å². The van der Waals surface area contributed by atoms with Crippen LogP contribution in [0.3, 0.4) is 0 Å². The van der Waals surface area contributed by atoms with E-state index in [4.69, 9.17) is 16.3 Å². The highest BCUT2D eigenvalue weighted by molar-refractivity contribution is 7.14. The zero-order chi connectivity index (χ0) is 17.8. The minimum atomic E-state index is -0.443. The topological polar surface area (TPSA) is 55.4 Å². The molecule has 1 heterocycles. The fraction of sp³-hybridized carbons (Fsp3) is 0.368. The standard InChI is InChI=1S/C19H20ClNO3S/c1-2-12-7-8-16-13(9-12)10-17(25-16)19(23)24-11-18(22)21-15-6-4-3-5-14(15)20/h3-6,10,12H,2,7-9,11H2,1H3,(H,21,22)/t12-/m0/s1. The molecule has 2 aromatic rings. The molecule has 1 amide bonds. The summed E-state index contributed by atoms with van der Waals surface area (Å²) >= 11 is 7.47. The lowest BCUT2D eigenvalue weighted by Gasteiger charge is -2.19. The average Bonchev–Trinajstić information content (AvgIpc) is 3.04. The van der Waals surface area contributed by atoms with Crippen molar-refractivity contribution in [2.24, 2.45) is 5.92 Å². The lowest BCUT2D eigenvalue weighted by Crippen LogP contribution is -2.20. The number of hydrogen-bond donors (Lipinski definition) is 1. The molecular weight excluding hydrogens is 358 g/mol. The number of anilines is 1. The van der Waals surface area contributed by atoms with Gasteiger partial charge in [0.05, 0.1) is 10.7 Å². The fourth-order valence-electron chi connectivity index (χ4n) is 3.00. The second kappa shape index (κ2) is 8.02. The van der Waals surface area contributed by atoms with Gasteiger partial charge in [0.2, 0.25) is 0 Å². The third kappa shape index (κ3) is 4.41. The first-order valence-corrected chi connectivity index (χ1v) is 9.59. The molecule has 3 rings (SSSR count). The van der Waals surface area contributed by atoms with Crippen molar-refractivity contribution < 1.29 is 14.3 Å². The van der Waals surface area contributed by atoms with Crippen LogP contribution in [0.1, 0.15) is 39.9 Å². The molecule has 0 saturated carbocycles. The molecule has 1 N–H and O–H groups in total. The van der Waals surface area contributed by atoms with Crippen molar-refractivity contribution in [1.29, 1.82) is 0 Å². The monoisotopic (exact) mass is 377 g/mol. The molecule has 1 aromatic carbocycles. The summed E-state index contributed by atoms with van der Waals surface area (Å²) in [6.45, 7) is 1.87. The molecule has 1 aromatic heterocycles. The van der Waals surface area contributed by atoms with Crippen LogP contribution in [0.4, 0.5) is 5.69 Å². The van der Waals surface area contributed by atoms with E-state index in [1.165, 1.54) is 28.2 Å². The number of esters is 1. The molecule has 1 aliphatic carbocycles. The predicted octanol–water partition coefficient (Wildman–Crippen LogP) is 4.71. The smallest absolute Gasteiger partial charge is 0.348 e. The summed E-state index contributed by atoms with van der Waals surface area (Å²) in [7, 11) is 0. The quantitative estimate of drug-likeness (QED) is 0.767. The third-order valence-corrected chi connectivity index (χ3v) is 5.99. The highest BCUT2D eigenvalue weighted by Gasteiger charge is 2.23. The summed E-state index contributed by atoms with van der Waals surface area (Å²) in [5, 5.41) is 3.08. The molecule has 0 aliphatic heterocycles. The molecule has 132 valence electrons. The normalized spacial score (nSPS) is 16.2. The van der Waals surface area contributed by atoms with Gasteiger partial charge in [-0.05, 0) is 48.9 Å². The van der Waals surface area contributed by atoms with E-state index in [1.54, 1.807) is 24.3 Å². The molecule has 0 spiro atoms. The van der Waals surface area contributed by atoms with Crippen LogP contribution < -0.4 is 5.32 Å². The molecule has 4 nitrogen and oxygen atoms in total. The molecule has 0 unspecified atom stereocenters. The Morgan fingerprint density at radius 2 is 2.16 bits per heavy atom. The van der Waals surface area contributed by atoms with Crippen LogP contribution in [0, 0.1) is 5.92 Å². The third-order valence-electron chi connectivity index (χ3n) is 4.45. The predicted molar refractivity (Wildman–Crippen MR) is 100 cm³/mol. The molecule has 25 heavy (non-hydrogen) atoms. The number of hydrogen-bond acceptors (Lipinski definition) is 4. The van der Waals surface area contributed by atoms with Crippen molar-refractivity contribution in [3.8, 4) is 0 Å². The van der Waals surface area contributed by atoms with E-state index in [-0.39, 0.29) is 6.61 Å². The Kier molecular flexibility index (Phi) is 5.76. The van der Waals surface area contributed by atoms with E-state index in [1.807, 2.05) is 6.07 Å². The van der Waals surface area contributed by atoms with E-state index in [0.717, 1.165) is 19.3 Å². The number of thiophene rings is 1. The van der Waals surface area contributed by atoms with Crippen LogP contribution in [-0.4, -0.2) is 18.5 Å². The number of nitrogens with one attached hydrogen (secondary N) is 1. The number of rotatable bonds is 5. The Morgan fingerprint density at radius 1 is 1.36 bits per heavy atom. The number of carbonyl (C=O) groups is 2.